The molecule has 35 heavy (non-hydrogen) atoms. The molecule has 9 nitrogen and oxygen atoms in total. The number of carbonyl (C=O) groups is 2. The van der Waals surface area contributed by atoms with Gasteiger partial charge in [0.1, 0.15) is 0 Å². The van der Waals surface area contributed by atoms with Crippen LogP contribution < -0.4 is 0 Å². The number of carbonyl (C=O) groups excluding carboxylic acids is 2. The largest absolute Gasteiger partial charge is 0.503 e. The van der Waals surface area contributed by atoms with Crippen molar-refractivity contribution in [3.05, 3.63) is 93.2 Å². The molecule has 1 saturated heterocycles. The van der Waals surface area contributed by atoms with Crippen molar-refractivity contribution in [2.24, 2.45) is 0 Å². The maximum atomic E-state index is 13.2. The zero-order valence-electron chi connectivity index (χ0n) is 19.2. The van der Waals surface area contributed by atoms with Crippen molar-refractivity contribution in [2.45, 2.75) is 12.5 Å². The van der Waals surface area contributed by atoms with Crippen LogP contribution in [0.15, 0.2) is 72.0 Å². The van der Waals surface area contributed by atoms with Crippen molar-refractivity contribution < 1.29 is 24.4 Å². The molecule has 0 unspecified atom stereocenters. The van der Waals surface area contributed by atoms with E-state index in [4.69, 9.17) is 4.74 Å². The SMILES string of the molecule is O=C(/C=C/c1ccccc1)C1=C(O)C(=O)N(CCCN2CCOCC2)[C@@H]1c1cccc([N+](=O)[O-])c1. The lowest BCUT2D eigenvalue weighted by molar-refractivity contribution is -0.384. The van der Waals surface area contributed by atoms with Crippen LogP contribution in [0.4, 0.5) is 5.69 Å². The number of hydrogen-bond acceptors (Lipinski definition) is 7. The molecule has 2 aromatic carbocycles. The van der Waals surface area contributed by atoms with Crippen LogP contribution in [0.5, 0.6) is 0 Å². The highest BCUT2D eigenvalue weighted by molar-refractivity contribution is 6.14. The topological polar surface area (TPSA) is 113 Å². The number of hydrogen-bond donors (Lipinski definition) is 1. The second kappa shape index (κ2) is 11.1. The lowest BCUT2D eigenvalue weighted by Gasteiger charge is -2.29. The molecule has 182 valence electrons. The number of morpholine rings is 1. The molecule has 1 atom stereocenters. The van der Waals surface area contributed by atoms with Gasteiger partial charge in [-0.05, 0) is 23.6 Å². The molecule has 2 aliphatic rings. The first-order chi connectivity index (χ1) is 17.0. The normalized spacial score (nSPS) is 19.0. The zero-order valence-corrected chi connectivity index (χ0v) is 19.2. The Morgan fingerprint density at radius 1 is 1.11 bits per heavy atom. The summed E-state index contributed by atoms with van der Waals surface area (Å²) in [4.78, 5) is 40.8. The average molecular weight is 478 g/mol. The quantitative estimate of drug-likeness (QED) is 0.335. The Labute approximate surface area is 203 Å². The van der Waals surface area contributed by atoms with E-state index >= 15 is 0 Å². The number of ketones is 1. The number of rotatable bonds is 9. The highest BCUT2D eigenvalue weighted by atomic mass is 16.6. The average Bonchev–Trinajstić information content (AvgIpc) is 3.14. The first-order valence-corrected chi connectivity index (χ1v) is 11.5. The molecule has 0 spiro atoms. The summed E-state index contributed by atoms with van der Waals surface area (Å²) in [5.74, 6) is -1.79. The summed E-state index contributed by atoms with van der Waals surface area (Å²) < 4.78 is 5.37. The summed E-state index contributed by atoms with van der Waals surface area (Å²) in [5, 5.41) is 22.1. The summed E-state index contributed by atoms with van der Waals surface area (Å²) in [6, 6.07) is 14.1. The Kier molecular flexibility index (Phi) is 7.69. The molecule has 0 saturated carbocycles. The highest BCUT2D eigenvalue weighted by Gasteiger charge is 2.43. The Balaban J connectivity index is 1.61. The lowest BCUT2D eigenvalue weighted by atomic mass is 9.95. The maximum absolute atomic E-state index is 13.2. The summed E-state index contributed by atoms with van der Waals surface area (Å²) in [6.07, 6.45) is 3.54. The zero-order chi connectivity index (χ0) is 24.8. The molecule has 0 aliphatic carbocycles. The fraction of sp³-hybridized carbons (Fsp3) is 0.308. The summed E-state index contributed by atoms with van der Waals surface area (Å²) in [5.41, 5.74) is 0.967. The lowest BCUT2D eigenvalue weighted by Crippen LogP contribution is -2.39. The van der Waals surface area contributed by atoms with Crippen molar-refractivity contribution in [1.82, 2.24) is 9.80 Å². The van der Waals surface area contributed by atoms with E-state index in [1.807, 2.05) is 30.3 Å². The van der Waals surface area contributed by atoms with Gasteiger partial charge in [-0.15, -0.1) is 0 Å². The van der Waals surface area contributed by atoms with Crippen molar-refractivity contribution in [3.63, 3.8) is 0 Å². The van der Waals surface area contributed by atoms with Crippen LogP contribution in [-0.4, -0.2) is 70.9 Å². The first kappa shape index (κ1) is 24.3. The third-order valence-corrected chi connectivity index (χ3v) is 6.17. The Bertz CT molecular complexity index is 1150. The predicted molar refractivity (Wildman–Crippen MR) is 130 cm³/mol. The third-order valence-electron chi connectivity index (χ3n) is 6.17. The molecule has 2 aliphatic heterocycles. The molecule has 4 rings (SSSR count). The fourth-order valence-corrected chi connectivity index (χ4v) is 4.41. The minimum Gasteiger partial charge on any atom is -0.503 e. The number of ether oxygens (including phenoxy) is 1. The minimum atomic E-state index is -0.917. The monoisotopic (exact) mass is 477 g/mol. The first-order valence-electron chi connectivity index (χ1n) is 11.5. The summed E-state index contributed by atoms with van der Waals surface area (Å²) in [6.45, 7) is 3.94. The molecular formula is C26H27N3O6. The Morgan fingerprint density at radius 3 is 2.57 bits per heavy atom. The molecule has 1 fully saturated rings. The number of allylic oxidation sites excluding steroid dienone is 1. The second-order valence-corrected chi connectivity index (χ2v) is 8.43. The van der Waals surface area contributed by atoms with Crippen LogP contribution >= 0.6 is 0 Å². The van der Waals surface area contributed by atoms with Gasteiger partial charge in [0.05, 0.1) is 29.8 Å². The van der Waals surface area contributed by atoms with Gasteiger partial charge in [0.25, 0.3) is 11.6 Å². The number of nitrogens with zero attached hydrogens (tertiary/aromatic N) is 3. The molecule has 9 heteroatoms. The van der Waals surface area contributed by atoms with Gasteiger partial charge < -0.3 is 14.7 Å². The summed E-state index contributed by atoms with van der Waals surface area (Å²) >= 11 is 0. The van der Waals surface area contributed by atoms with Crippen LogP contribution in [-0.2, 0) is 14.3 Å². The van der Waals surface area contributed by atoms with Gasteiger partial charge in [-0.1, -0.05) is 48.5 Å². The highest BCUT2D eigenvalue weighted by Crippen LogP contribution is 2.39. The number of benzene rings is 2. The van der Waals surface area contributed by atoms with Gasteiger partial charge in [-0.25, -0.2) is 0 Å². The van der Waals surface area contributed by atoms with Crippen molar-refractivity contribution in [2.75, 3.05) is 39.4 Å². The molecule has 2 aromatic rings. The van der Waals surface area contributed by atoms with Gasteiger partial charge in [0, 0.05) is 38.3 Å². The van der Waals surface area contributed by atoms with Gasteiger partial charge in [-0.2, -0.15) is 0 Å². The number of aliphatic hydroxyl groups is 1. The van der Waals surface area contributed by atoms with Crippen LogP contribution in [0.3, 0.4) is 0 Å². The second-order valence-electron chi connectivity index (χ2n) is 8.43. The maximum Gasteiger partial charge on any atom is 0.290 e. The van der Waals surface area contributed by atoms with Gasteiger partial charge in [0.15, 0.2) is 11.5 Å². The Morgan fingerprint density at radius 2 is 1.86 bits per heavy atom. The van der Waals surface area contributed by atoms with Gasteiger partial charge in [0.2, 0.25) is 0 Å². The van der Waals surface area contributed by atoms with E-state index in [2.05, 4.69) is 4.90 Å². The molecule has 0 bridgehead atoms. The van der Waals surface area contributed by atoms with Crippen LogP contribution in [0.1, 0.15) is 23.6 Å². The number of non-ortho nitro benzene ring substituents is 1. The number of nitro groups is 1. The molecule has 0 radical (unpaired) electrons. The molecule has 2 heterocycles. The molecule has 1 N–H and O–H groups in total. The van der Waals surface area contributed by atoms with Crippen LogP contribution in [0, 0.1) is 10.1 Å². The van der Waals surface area contributed by atoms with E-state index in [1.54, 1.807) is 12.1 Å². The standard InChI is InChI=1S/C26H27N3O6/c30-22(11-10-19-6-2-1-3-7-19)23-24(20-8-4-9-21(18-20)29(33)34)28(26(32)25(23)31)13-5-12-27-14-16-35-17-15-27/h1-4,6-11,18,24,31H,5,12-17H2/b11-10+/t24-/m1/s1. The van der Waals surface area contributed by atoms with Crippen molar-refractivity contribution in [1.29, 1.82) is 0 Å². The fourth-order valence-electron chi connectivity index (χ4n) is 4.41. The summed E-state index contributed by atoms with van der Waals surface area (Å²) in [7, 11) is 0. The third kappa shape index (κ3) is 5.64. The number of nitro benzene ring substituents is 1. The van der Waals surface area contributed by atoms with E-state index in [1.165, 1.54) is 29.2 Å². The van der Waals surface area contributed by atoms with Crippen molar-refractivity contribution in [3.8, 4) is 0 Å². The number of aliphatic hydroxyl groups excluding tert-OH is 1. The van der Waals surface area contributed by atoms with Gasteiger partial charge >= 0.3 is 0 Å². The van der Waals surface area contributed by atoms with E-state index in [9.17, 15) is 24.8 Å². The van der Waals surface area contributed by atoms with E-state index in [0.29, 0.717) is 25.2 Å². The van der Waals surface area contributed by atoms with E-state index in [-0.39, 0.29) is 17.8 Å². The van der Waals surface area contributed by atoms with E-state index < -0.39 is 28.4 Å². The number of amides is 1. The van der Waals surface area contributed by atoms with Gasteiger partial charge in [-0.3, -0.25) is 24.6 Å². The molecule has 1 amide bonds. The van der Waals surface area contributed by atoms with E-state index in [0.717, 1.165) is 25.2 Å². The van der Waals surface area contributed by atoms with Crippen LogP contribution in [0.2, 0.25) is 0 Å². The smallest absolute Gasteiger partial charge is 0.290 e. The molecule has 0 aromatic heterocycles. The predicted octanol–water partition coefficient (Wildman–Crippen LogP) is 3.30. The Hall–Kier alpha value is -3.82. The minimum absolute atomic E-state index is 0.0750. The van der Waals surface area contributed by atoms with Crippen molar-refractivity contribution >= 4 is 23.5 Å². The van der Waals surface area contributed by atoms with Crippen LogP contribution in [0.25, 0.3) is 6.08 Å². The molecular weight excluding hydrogens is 450 g/mol.